The van der Waals surface area contributed by atoms with E-state index in [-0.39, 0.29) is 6.10 Å². The Bertz CT molecular complexity index is 145. The zero-order valence-electron chi connectivity index (χ0n) is 7.17. The molecule has 0 bridgehead atoms. The Morgan fingerprint density at radius 3 is 3.09 bits per heavy atom. The first kappa shape index (κ1) is 8.53. The highest BCUT2D eigenvalue weighted by Crippen LogP contribution is 2.19. The van der Waals surface area contributed by atoms with Gasteiger partial charge in [-0.25, -0.2) is 0 Å². The molecule has 1 aliphatic carbocycles. The zero-order valence-corrected chi connectivity index (χ0v) is 7.17. The quantitative estimate of drug-likeness (QED) is 0.582. The van der Waals surface area contributed by atoms with Gasteiger partial charge in [-0.3, -0.25) is 0 Å². The van der Waals surface area contributed by atoms with Crippen LogP contribution in [-0.2, 0) is 9.57 Å². The molecule has 0 saturated heterocycles. The molecule has 0 heterocycles. The van der Waals surface area contributed by atoms with E-state index in [0.29, 0.717) is 0 Å². The van der Waals surface area contributed by atoms with Crippen molar-refractivity contribution in [2.45, 2.75) is 32.3 Å². The summed E-state index contributed by atoms with van der Waals surface area (Å²) in [7, 11) is 1.58. The van der Waals surface area contributed by atoms with Crippen molar-refractivity contribution in [2.75, 3.05) is 13.7 Å². The van der Waals surface area contributed by atoms with Gasteiger partial charge in [0.15, 0.2) is 0 Å². The molecule has 3 nitrogen and oxygen atoms in total. The third-order valence-electron chi connectivity index (χ3n) is 1.85. The molecule has 0 aromatic heterocycles. The predicted molar refractivity (Wildman–Crippen MR) is 43.7 cm³/mol. The first-order valence-electron chi connectivity index (χ1n) is 4.10. The molecule has 1 saturated carbocycles. The van der Waals surface area contributed by atoms with E-state index in [1.54, 1.807) is 7.11 Å². The topological polar surface area (TPSA) is 30.8 Å². The van der Waals surface area contributed by atoms with Gasteiger partial charge in [-0.2, -0.15) is 0 Å². The Labute approximate surface area is 67.4 Å². The van der Waals surface area contributed by atoms with Gasteiger partial charge in [0, 0.05) is 6.61 Å². The summed E-state index contributed by atoms with van der Waals surface area (Å²) in [5, 5.41) is 3.92. The fraction of sp³-hybridized carbons (Fsp3) is 0.875. The molecule has 1 rings (SSSR count). The number of rotatable bonds is 3. The monoisotopic (exact) mass is 157 g/mol. The minimum absolute atomic E-state index is 0.222. The molecule has 11 heavy (non-hydrogen) atoms. The molecule has 0 aromatic carbocycles. The van der Waals surface area contributed by atoms with E-state index < -0.39 is 0 Å². The highest BCUT2D eigenvalue weighted by Gasteiger charge is 2.23. The van der Waals surface area contributed by atoms with Gasteiger partial charge in [-0.1, -0.05) is 5.16 Å². The van der Waals surface area contributed by atoms with Crippen LogP contribution in [0.25, 0.3) is 0 Å². The van der Waals surface area contributed by atoms with E-state index in [9.17, 15) is 0 Å². The van der Waals surface area contributed by atoms with E-state index in [1.807, 2.05) is 6.92 Å². The first-order valence-corrected chi connectivity index (χ1v) is 4.10. The minimum atomic E-state index is 0.222. The lowest BCUT2D eigenvalue weighted by Gasteiger charge is -2.09. The molecule has 0 radical (unpaired) electrons. The van der Waals surface area contributed by atoms with Gasteiger partial charge in [-0.05, 0) is 26.2 Å². The second-order valence-corrected chi connectivity index (χ2v) is 2.60. The maximum absolute atomic E-state index is 5.46. The van der Waals surface area contributed by atoms with Gasteiger partial charge in [-0.15, -0.1) is 0 Å². The van der Waals surface area contributed by atoms with Crippen molar-refractivity contribution < 1.29 is 9.57 Å². The van der Waals surface area contributed by atoms with Crippen LogP contribution in [0, 0.1) is 0 Å². The van der Waals surface area contributed by atoms with Crippen LogP contribution in [0.5, 0.6) is 0 Å². The van der Waals surface area contributed by atoms with Gasteiger partial charge in [0.2, 0.25) is 0 Å². The van der Waals surface area contributed by atoms with E-state index in [2.05, 4.69) is 5.16 Å². The molecular formula is C8H15NO2. The first-order chi connectivity index (χ1) is 5.38. The van der Waals surface area contributed by atoms with Crippen molar-refractivity contribution in [2.24, 2.45) is 5.16 Å². The van der Waals surface area contributed by atoms with Crippen molar-refractivity contribution in [1.29, 1.82) is 0 Å². The van der Waals surface area contributed by atoms with Crippen molar-refractivity contribution in [3.8, 4) is 0 Å². The number of hydrogen-bond acceptors (Lipinski definition) is 3. The lowest BCUT2D eigenvalue weighted by molar-refractivity contribution is 0.106. The average Bonchev–Trinajstić information content (AvgIpc) is 2.39. The fourth-order valence-electron chi connectivity index (χ4n) is 1.40. The molecular weight excluding hydrogens is 142 g/mol. The molecule has 0 aromatic rings. The molecule has 0 aliphatic heterocycles. The standard InChI is InChI=1S/C8H15NO2/c1-3-11-8-6-4-5-7(8)9-10-2/h8H,3-6H2,1-2H3/b9-7-. The van der Waals surface area contributed by atoms with E-state index in [4.69, 9.17) is 9.57 Å². The average molecular weight is 157 g/mol. The summed E-state index contributed by atoms with van der Waals surface area (Å²) in [5.41, 5.74) is 1.06. The van der Waals surface area contributed by atoms with Crippen LogP contribution in [0.3, 0.4) is 0 Å². The van der Waals surface area contributed by atoms with Gasteiger partial charge < -0.3 is 9.57 Å². The van der Waals surface area contributed by atoms with Gasteiger partial charge >= 0.3 is 0 Å². The van der Waals surface area contributed by atoms with E-state index in [1.165, 1.54) is 6.42 Å². The molecule has 1 fully saturated rings. The summed E-state index contributed by atoms with van der Waals surface area (Å²) >= 11 is 0. The highest BCUT2D eigenvalue weighted by molar-refractivity contribution is 5.90. The summed E-state index contributed by atoms with van der Waals surface area (Å²) in [5.74, 6) is 0. The Hall–Kier alpha value is -0.570. The summed E-state index contributed by atoms with van der Waals surface area (Å²) in [4.78, 5) is 4.71. The van der Waals surface area contributed by atoms with Crippen LogP contribution < -0.4 is 0 Å². The van der Waals surface area contributed by atoms with Crippen LogP contribution in [-0.4, -0.2) is 25.5 Å². The molecule has 1 unspecified atom stereocenters. The number of nitrogens with zero attached hydrogens (tertiary/aromatic N) is 1. The Morgan fingerprint density at radius 2 is 2.45 bits per heavy atom. The summed E-state index contributed by atoms with van der Waals surface area (Å²) < 4.78 is 5.46. The smallest absolute Gasteiger partial charge is 0.106 e. The maximum Gasteiger partial charge on any atom is 0.106 e. The molecule has 3 heteroatoms. The Kier molecular flexibility index (Phi) is 3.36. The van der Waals surface area contributed by atoms with Crippen molar-refractivity contribution in [1.82, 2.24) is 0 Å². The number of oxime groups is 1. The van der Waals surface area contributed by atoms with Crippen LogP contribution in [0.15, 0.2) is 5.16 Å². The zero-order chi connectivity index (χ0) is 8.10. The normalized spacial score (nSPS) is 27.8. The largest absolute Gasteiger partial charge is 0.399 e. The summed E-state index contributed by atoms with van der Waals surface area (Å²) in [6.45, 7) is 2.76. The van der Waals surface area contributed by atoms with Crippen LogP contribution in [0.1, 0.15) is 26.2 Å². The van der Waals surface area contributed by atoms with Crippen molar-refractivity contribution in [3.63, 3.8) is 0 Å². The summed E-state index contributed by atoms with van der Waals surface area (Å²) in [6.07, 6.45) is 3.52. The van der Waals surface area contributed by atoms with Gasteiger partial charge in [0.1, 0.15) is 7.11 Å². The second kappa shape index (κ2) is 4.34. The predicted octanol–water partition coefficient (Wildman–Crippen LogP) is 1.58. The van der Waals surface area contributed by atoms with Crippen molar-refractivity contribution in [3.05, 3.63) is 0 Å². The van der Waals surface area contributed by atoms with Crippen LogP contribution in [0.2, 0.25) is 0 Å². The molecule has 0 N–H and O–H groups in total. The Morgan fingerprint density at radius 1 is 1.64 bits per heavy atom. The van der Waals surface area contributed by atoms with E-state index in [0.717, 1.165) is 25.2 Å². The van der Waals surface area contributed by atoms with Crippen LogP contribution in [0.4, 0.5) is 0 Å². The summed E-state index contributed by atoms with van der Waals surface area (Å²) in [6, 6.07) is 0. The van der Waals surface area contributed by atoms with Gasteiger partial charge in [0.05, 0.1) is 11.8 Å². The van der Waals surface area contributed by atoms with Gasteiger partial charge in [0.25, 0.3) is 0 Å². The molecule has 1 aliphatic rings. The van der Waals surface area contributed by atoms with Crippen molar-refractivity contribution >= 4 is 5.71 Å². The molecule has 0 amide bonds. The molecule has 1 atom stereocenters. The third kappa shape index (κ3) is 2.19. The SMILES string of the molecule is CCOC1CCC/C1=N/OC. The molecule has 0 spiro atoms. The Balaban J connectivity index is 2.44. The second-order valence-electron chi connectivity index (χ2n) is 2.60. The maximum atomic E-state index is 5.46. The minimum Gasteiger partial charge on any atom is -0.399 e. The lowest BCUT2D eigenvalue weighted by Crippen LogP contribution is -2.17. The van der Waals surface area contributed by atoms with E-state index >= 15 is 0 Å². The fourth-order valence-corrected chi connectivity index (χ4v) is 1.40. The van der Waals surface area contributed by atoms with Crippen LogP contribution >= 0.6 is 0 Å². The lowest BCUT2D eigenvalue weighted by atomic mass is 10.3. The third-order valence-corrected chi connectivity index (χ3v) is 1.85. The number of hydrogen-bond donors (Lipinski definition) is 0. The molecule has 64 valence electrons. The number of ether oxygens (including phenoxy) is 1. The highest BCUT2D eigenvalue weighted by atomic mass is 16.6.